The highest BCUT2D eigenvalue weighted by molar-refractivity contribution is 5.96. The number of carbonyl (C=O) groups excluding carboxylic acids is 5. The van der Waals surface area contributed by atoms with Crippen LogP contribution in [0.25, 0.3) is 6.08 Å². The molecule has 6 rings (SSSR count). The lowest BCUT2D eigenvalue weighted by molar-refractivity contribution is -0.204. The van der Waals surface area contributed by atoms with Crippen molar-refractivity contribution in [3.63, 3.8) is 0 Å². The number of hydrogen-bond acceptors (Lipinski definition) is 13. The molecule has 54 heavy (non-hydrogen) atoms. The molecule has 2 bridgehead atoms. The second-order valence-electron chi connectivity index (χ2n) is 15.1. The predicted molar refractivity (Wildman–Crippen MR) is 177 cm³/mol. The number of fused-ring (bicyclic) bond motifs is 4. The molecule has 4 aliphatic heterocycles. The number of aliphatic hydroxyl groups is 1. The highest BCUT2D eigenvalue weighted by Crippen LogP contribution is 2.56. The molecule has 4 saturated heterocycles. The van der Waals surface area contributed by atoms with Crippen LogP contribution >= 0.6 is 0 Å². The molecule has 1 saturated carbocycles. The van der Waals surface area contributed by atoms with Crippen molar-refractivity contribution in [2.75, 3.05) is 26.6 Å². The predicted octanol–water partition coefficient (Wildman–Crippen LogP) is 1.94. The number of nitrogens with zero attached hydrogens (tertiary/aromatic N) is 2. The molecular weight excluding hydrogens is 723 g/mol. The number of alkyl halides is 3. The first-order chi connectivity index (χ1) is 25.5. The van der Waals surface area contributed by atoms with Crippen LogP contribution in [0.5, 0.6) is 0 Å². The Balaban J connectivity index is 1.21. The Morgan fingerprint density at radius 2 is 1.91 bits per heavy atom. The van der Waals surface area contributed by atoms with Crippen molar-refractivity contribution >= 4 is 35.8 Å². The fourth-order valence-electron chi connectivity index (χ4n) is 7.89. The SMILES string of the molecule is CC(C)(C)OC(=O)CC[C@@H](CO)NC(=O)[C@H]1CCCN1C(=O)[C@@]12C[C@H]3OC(=O)[C@@H]1N(Cc1cccc(C=CC(=O)OCC(F)(F)F)c1)O[C@@H]2[C@H]1OCO[C@H]13. The van der Waals surface area contributed by atoms with Crippen molar-refractivity contribution in [2.45, 2.75) is 114 Å². The van der Waals surface area contributed by atoms with Gasteiger partial charge in [-0.25, -0.2) is 4.79 Å². The van der Waals surface area contributed by atoms with Crippen LogP contribution in [0.4, 0.5) is 13.2 Å². The Hall–Kier alpha value is -4.10. The Morgan fingerprint density at radius 3 is 2.63 bits per heavy atom. The maximum atomic E-state index is 15.0. The molecule has 2 amide bonds. The number of esters is 3. The maximum Gasteiger partial charge on any atom is 0.422 e. The zero-order chi connectivity index (χ0) is 39.0. The van der Waals surface area contributed by atoms with Gasteiger partial charge in [0.05, 0.1) is 19.2 Å². The molecule has 2 N–H and O–H groups in total. The first-order valence-corrected chi connectivity index (χ1v) is 17.8. The van der Waals surface area contributed by atoms with Crippen molar-refractivity contribution in [3.8, 4) is 0 Å². The van der Waals surface area contributed by atoms with Gasteiger partial charge < -0.3 is 39.0 Å². The molecule has 4 heterocycles. The van der Waals surface area contributed by atoms with Gasteiger partial charge >= 0.3 is 24.1 Å². The van der Waals surface area contributed by atoms with Gasteiger partial charge in [0.1, 0.15) is 48.3 Å². The Morgan fingerprint density at radius 1 is 1.15 bits per heavy atom. The van der Waals surface area contributed by atoms with E-state index in [1.54, 1.807) is 45.0 Å². The van der Waals surface area contributed by atoms with Crippen molar-refractivity contribution in [3.05, 3.63) is 41.5 Å². The van der Waals surface area contributed by atoms with Crippen LogP contribution in [-0.2, 0) is 59.0 Å². The Kier molecular flexibility index (Phi) is 11.4. The van der Waals surface area contributed by atoms with Gasteiger partial charge in [-0.05, 0) is 57.2 Å². The number of likely N-dealkylation sites (tertiary alicyclic amines) is 1. The lowest BCUT2D eigenvalue weighted by Gasteiger charge is -2.50. The van der Waals surface area contributed by atoms with Gasteiger partial charge in [0, 0.05) is 25.5 Å². The minimum Gasteiger partial charge on any atom is -0.460 e. The Bertz CT molecular complexity index is 1650. The number of amides is 2. The summed E-state index contributed by atoms with van der Waals surface area (Å²) in [4.78, 5) is 74.5. The van der Waals surface area contributed by atoms with Gasteiger partial charge in [0.25, 0.3) is 0 Å². The van der Waals surface area contributed by atoms with E-state index < -0.39 is 103 Å². The molecule has 8 atom stereocenters. The number of ether oxygens (including phenoxy) is 5. The lowest BCUT2D eigenvalue weighted by Crippen LogP contribution is -2.70. The number of aliphatic hydroxyl groups excluding tert-OH is 1. The molecule has 15 nitrogen and oxygen atoms in total. The zero-order valence-electron chi connectivity index (χ0n) is 30.0. The molecule has 1 aromatic carbocycles. The summed E-state index contributed by atoms with van der Waals surface area (Å²) in [5.41, 5.74) is -1.22. The standard InChI is InChI=1S/C36H44F3N3O12/c1-34(2,3)53-26(45)12-10-22(17-43)40-31(46)23-8-5-13-41(23)33(48)35-15-24-27-28(51-19-50-27)30(35)54-42(29(35)32(47)52-24)16-21-7-4-6-20(14-21)9-11-25(44)49-18-36(37,38)39/h4,6-7,9,11,14,22-24,27-30,43H,5,8,10,12-13,15-19H2,1-3H3,(H,40,46)/t22-,23+,24+,27-,28-,29-,30+,35-/m0/s1. The molecule has 1 aliphatic carbocycles. The molecule has 5 fully saturated rings. The normalized spacial score (nSPS) is 29.8. The van der Waals surface area contributed by atoms with Crippen LogP contribution in [0.1, 0.15) is 64.0 Å². The second kappa shape index (κ2) is 15.6. The van der Waals surface area contributed by atoms with E-state index in [1.165, 1.54) is 16.0 Å². The molecule has 0 radical (unpaired) electrons. The maximum absolute atomic E-state index is 15.0. The van der Waals surface area contributed by atoms with Crippen molar-refractivity contribution in [2.24, 2.45) is 5.41 Å². The molecule has 0 unspecified atom stereocenters. The second-order valence-corrected chi connectivity index (χ2v) is 15.1. The number of benzene rings is 1. The quantitative estimate of drug-likeness (QED) is 0.179. The summed E-state index contributed by atoms with van der Waals surface area (Å²) in [6, 6.07) is 3.62. The molecule has 1 aromatic rings. The van der Waals surface area contributed by atoms with Gasteiger partial charge in [-0.15, -0.1) is 0 Å². The molecule has 0 spiro atoms. The minimum atomic E-state index is -4.67. The van der Waals surface area contributed by atoms with Crippen LogP contribution in [-0.4, -0.2) is 126 Å². The van der Waals surface area contributed by atoms with E-state index in [9.17, 15) is 42.3 Å². The van der Waals surface area contributed by atoms with Crippen LogP contribution in [0, 0.1) is 5.41 Å². The van der Waals surface area contributed by atoms with Crippen molar-refractivity contribution in [1.29, 1.82) is 0 Å². The number of carbonyl (C=O) groups is 5. The Labute approximate surface area is 308 Å². The first-order valence-electron chi connectivity index (χ1n) is 17.8. The number of nitrogens with one attached hydrogen (secondary N) is 1. The summed E-state index contributed by atoms with van der Waals surface area (Å²) in [7, 11) is 0. The summed E-state index contributed by atoms with van der Waals surface area (Å²) in [6.07, 6.45) is -4.90. The highest BCUT2D eigenvalue weighted by atomic mass is 19.4. The number of halogens is 3. The van der Waals surface area contributed by atoms with E-state index in [0.717, 1.165) is 6.08 Å². The van der Waals surface area contributed by atoms with Gasteiger partial charge in [0.15, 0.2) is 12.6 Å². The molecule has 296 valence electrons. The third-order valence-electron chi connectivity index (χ3n) is 10.0. The summed E-state index contributed by atoms with van der Waals surface area (Å²) in [5.74, 6) is -3.38. The van der Waals surface area contributed by atoms with E-state index in [0.29, 0.717) is 24.0 Å². The van der Waals surface area contributed by atoms with Crippen LogP contribution in [0.3, 0.4) is 0 Å². The first kappa shape index (κ1) is 39.6. The van der Waals surface area contributed by atoms with E-state index in [4.69, 9.17) is 23.8 Å². The van der Waals surface area contributed by atoms with Gasteiger partial charge in [-0.2, -0.15) is 18.2 Å². The van der Waals surface area contributed by atoms with Gasteiger partial charge in [-0.1, -0.05) is 24.3 Å². The van der Waals surface area contributed by atoms with Crippen molar-refractivity contribution in [1.82, 2.24) is 15.3 Å². The van der Waals surface area contributed by atoms with Gasteiger partial charge in [-0.3, -0.25) is 24.0 Å². The molecule has 5 aliphatic rings. The number of rotatable bonds is 12. The summed E-state index contributed by atoms with van der Waals surface area (Å²) < 4.78 is 64.4. The lowest BCUT2D eigenvalue weighted by atomic mass is 9.62. The van der Waals surface area contributed by atoms with Gasteiger partial charge in [0.2, 0.25) is 11.8 Å². The fraction of sp³-hybridized carbons (Fsp3) is 0.639. The monoisotopic (exact) mass is 767 g/mol. The largest absolute Gasteiger partial charge is 0.460 e. The third-order valence-corrected chi connectivity index (χ3v) is 10.0. The van der Waals surface area contributed by atoms with Crippen LogP contribution in [0.15, 0.2) is 30.3 Å². The van der Waals surface area contributed by atoms with Crippen LogP contribution in [0.2, 0.25) is 0 Å². The van der Waals surface area contributed by atoms with E-state index in [-0.39, 0.29) is 39.1 Å². The van der Waals surface area contributed by atoms with E-state index in [1.807, 2.05) is 0 Å². The molecule has 0 aromatic heterocycles. The zero-order valence-corrected chi connectivity index (χ0v) is 30.0. The smallest absolute Gasteiger partial charge is 0.422 e. The summed E-state index contributed by atoms with van der Waals surface area (Å²) in [6.45, 7) is 3.09. The minimum absolute atomic E-state index is 0.0384. The molecule has 18 heteroatoms. The molecular formula is C36H44F3N3O12. The third kappa shape index (κ3) is 8.41. The fourth-order valence-corrected chi connectivity index (χ4v) is 7.89. The highest BCUT2D eigenvalue weighted by Gasteiger charge is 2.75. The average Bonchev–Trinajstić information content (AvgIpc) is 3.86. The van der Waals surface area contributed by atoms with E-state index >= 15 is 0 Å². The number of hydroxylamine groups is 2. The van der Waals surface area contributed by atoms with Crippen molar-refractivity contribution < 1.29 is 70.8 Å². The van der Waals surface area contributed by atoms with E-state index in [2.05, 4.69) is 10.1 Å². The van der Waals surface area contributed by atoms with Crippen LogP contribution < -0.4 is 5.32 Å². The summed E-state index contributed by atoms with van der Waals surface area (Å²) in [5, 5.41) is 14.1. The topological polar surface area (TPSA) is 179 Å². The number of hydrogen-bond donors (Lipinski definition) is 2. The summed E-state index contributed by atoms with van der Waals surface area (Å²) >= 11 is 0. The average molecular weight is 768 g/mol.